The van der Waals surface area contributed by atoms with E-state index in [1.807, 2.05) is 0 Å². The van der Waals surface area contributed by atoms with Gasteiger partial charge in [-0.25, -0.2) is 8.42 Å². The summed E-state index contributed by atoms with van der Waals surface area (Å²) >= 11 is 0. The predicted molar refractivity (Wildman–Crippen MR) is 94.8 cm³/mol. The average molecular weight is 388 g/mol. The Morgan fingerprint density at radius 2 is 1.58 bits per heavy atom. The van der Waals surface area contributed by atoms with Crippen LogP contribution in [0.1, 0.15) is 32.6 Å². The highest BCUT2D eigenvalue weighted by molar-refractivity contribution is 7.89. The second-order valence-corrected chi connectivity index (χ2v) is 9.14. The fraction of sp³-hybridized carbons (Fsp3) is 0.667. The lowest BCUT2D eigenvalue weighted by Crippen LogP contribution is -2.52. The van der Waals surface area contributed by atoms with Crippen LogP contribution in [0, 0.1) is 5.92 Å². The maximum Gasteiger partial charge on any atom is 0.387 e. The van der Waals surface area contributed by atoms with E-state index in [9.17, 15) is 17.2 Å². The second-order valence-electron chi connectivity index (χ2n) is 7.20. The van der Waals surface area contributed by atoms with Gasteiger partial charge in [-0.2, -0.15) is 13.1 Å². The zero-order valence-corrected chi connectivity index (χ0v) is 15.8. The number of benzene rings is 1. The van der Waals surface area contributed by atoms with Gasteiger partial charge in [0.1, 0.15) is 5.75 Å². The smallest absolute Gasteiger partial charge is 0.387 e. The van der Waals surface area contributed by atoms with E-state index in [4.69, 9.17) is 0 Å². The van der Waals surface area contributed by atoms with Gasteiger partial charge in [0.2, 0.25) is 10.0 Å². The quantitative estimate of drug-likeness (QED) is 0.777. The van der Waals surface area contributed by atoms with Crippen LogP contribution in [0.15, 0.2) is 29.2 Å². The van der Waals surface area contributed by atoms with Gasteiger partial charge in [-0.05, 0) is 55.9 Å². The summed E-state index contributed by atoms with van der Waals surface area (Å²) in [6.07, 6.45) is 4.88. The number of hydrogen-bond donors (Lipinski definition) is 0. The number of ether oxygens (including phenoxy) is 1. The van der Waals surface area contributed by atoms with Crippen molar-refractivity contribution in [3.63, 3.8) is 0 Å². The molecule has 1 saturated carbocycles. The number of nitrogens with zero attached hydrogens (tertiary/aromatic N) is 2. The molecule has 0 atom stereocenters. The number of rotatable bonds is 5. The molecule has 0 bridgehead atoms. The van der Waals surface area contributed by atoms with Crippen LogP contribution in [0.2, 0.25) is 0 Å². The van der Waals surface area contributed by atoms with Crippen molar-refractivity contribution in [2.75, 3.05) is 26.2 Å². The summed E-state index contributed by atoms with van der Waals surface area (Å²) in [4.78, 5) is 2.52. The molecule has 1 heterocycles. The SMILES string of the molecule is C[C@H]1CC[C@H](N2CCN(S(=O)(=O)c3ccc(OC(F)F)cc3)CC2)CC1. The van der Waals surface area contributed by atoms with Gasteiger partial charge in [0.25, 0.3) is 0 Å². The van der Waals surface area contributed by atoms with E-state index in [0.717, 1.165) is 19.0 Å². The van der Waals surface area contributed by atoms with Crippen molar-refractivity contribution in [2.45, 2.75) is 50.2 Å². The van der Waals surface area contributed by atoms with Crippen molar-refractivity contribution < 1.29 is 21.9 Å². The van der Waals surface area contributed by atoms with Crippen LogP contribution in [0.3, 0.4) is 0 Å². The lowest BCUT2D eigenvalue weighted by molar-refractivity contribution is -0.0498. The molecule has 0 N–H and O–H groups in total. The Labute approximate surface area is 154 Å². The highest BCUT2D eigenvalue weighted by Crippen LogP contribution is 2.28. The first-order valence-corrected chi connectivity index (χ1v) is 10.6. The maximum atomic E-state index is 12.8. The Bertz CT molecular complexity index is 681. The van der Waals surface area contributed by atoms with Crippen molar-refractivity contribution in [3.05, 3.63) is 24.3 Å². The molecule has 1 aliphatic carbocycles. The van der Waals surface area contributed by atoms with Crippen LogP contribution in [0.5, 0.6) is 5.75 Å². The number of hydrogen-bond acceptors (Lipinski definition) is 4. The van der Waals surface area contributed by atoms with Gasteiger partial charge in [-0.3, -0.25) is 4.90 Å². The first-order chi connectivity index (χ1) is 12.4. The molecule has 8 heteroatoms. The molecule has 2 fully saturated rings. The largest absolute Gasteiger partial charge is 0.435 e. The molecule has 1 saturated heterocycles. The third-order valence-corrected chi connectivity index (χ3v) is 7.37. The van der Waals surface area contributed by atoms with Gasteiger partial charge >= 0.3 is 6.61 Å². The molecular formula is C18H26F2N2O3S. The normalized spacial score (nSPS) is 26.2. The van der Waals surface area contributed by atoms with Gasteiger partial charge in [0.15, 0.2) is 0 Å². The number of alkyl halides is 2. The highest BCUT2D eigenvalue weighted by Gasteiger charge is 2.32. The lowest BCUT2D eigenvalue weighted by Gasteiger charge is -2.41. The first-order valence-electron chi connectivity index (χ1n) is 9.15. The Hall–Kier alpha value is -1.25. The van der Waals surface area contributed by atoms with Gasteiger partial charge in [0.05, 0.1) is 4.90 Å². The summed E-state index contributed by atoms with van der Waals surface area (Å²) in [6.45, 7) is 1.77. The number of piperazine rings is 1. The van der Waals surface area contributed by atoms with Gasteiger partial charge in [0, 0.05) is 32.2 Å². The number of sulfonamides is 1. The zero-order valence-electron chi connectivity index (χ0n) is 15.0. The predicted octanol–water partition coefficient (Wildman–Crippen LogP) is 3.17. The van der Waals surface area contributed by atoms with E-state index in [1.165, 1.54) is 54.3 Å². The molecule has 0 spiro atoms. The summed E-state index contributed by atoms with van der Waals surface area (Å²) in [5.41, 5.74) is 0. The van der Waals surface area contributed by atoms with E-state index in [0.29, 0.717) is 19.1 Å². The number of halogens is 2. The Kier molecular flexibility index (Phi) is 6.14. The van der Waals surface area contributed by atoms with Crippen LogP contribution < -0.4 is 4.74 Å². The Morgan fingerprint density at radius 3 is 2.12 bits per heavy atom. The molecule has 1 aromatic carbocycles. The van der Waals surface area contributed by atoms with E-state index < -0.39 is 16.6 Å². The minimum atomic E-state index is -3.61. The third kappa shape index (κ3) is 4.53. The van der Waals surface area contributed by atoms with E-state index in [2.05, 4.69) is 16.6 Å². The van der Waals surface area contributed by atoms with Gasteiger partial charge in [-0.15, -0.1) is 0 Å². The molecular weight excluding hydrogens is 362 g/mol. The van der Waals surface area contributed by atoms with Crippen LogP contribution in [0.4, 0.5) is 8.78 Å². The fourth-order valence-corrected chi connectivity index (χ4v) is 5.28. The Morgan fingerprint density at radius 1 is 1.00 bits per heavy atom. The average Bonchev–Trinajstić information content (AvgIpc) is 2.62. The summed E-state index contributed by atoms with van der Waals surface area (Å²) in [7, 11) is -3.61. The second kappa shape index (κ2) is 8.19. The fourth-order valence-electron chi connectivity index (χ4n) is 3.86. The van der Waals surface area contributed by atoms with Crippen molar-refractivity contribution in [3.8, 4) is 5.75 Å². The zero-order chi connectivity index (χ0) is 18.7. The standard InChI is InChI=1S/C18H26F2N2O3S/c1-14-2-4-15(5-3-14)21-10-12-22(13-11-21)26(23,24)17-8-6-16(7-9-17)25-18(19)20/h6-9,14-15,18H,2-5,10-13H2,1H3/t14-,15-. The molecule has 3 rings (SSSR count). The maximum absolute atomic E-state index is 12.8. The molecule has 146 valence electrons. The van der Waals surface area contributed by atoms with E-state index >= 15 is 0 Å². The highest BCUT2D eigenvalue weighted by atomic mass is 32.2. The van der Waals surface area contributed by atoms with Crippen molar-refractivity contribution >= 4 is 10.0 Å². The van der Waals surface area contributed by atoms with Gasteiger partial charge in [-0.1, -0.05) is 6.92 Å². The molecule has 0 radical (unpaired) electrons. The van der Waals surface area contributed by atoms with Gasteiger partial charge < -0.3 is 4.74 Å². The van der Waals surface area contributed by atoms with Crippen LogP contribution in [-0.4, -0.2) is 56.5 Å². The van der Waals surface area contributed by atoms with Crippen molar-refractivity contribution in [1.82, 2.24) is 9.21 Å². The van der Waals surface area contributed by atoms with E-state index in [1.54, 1.807) is 0 Å². The summed E-state index contributed by atoms with van der Waals surface area (Å²) in [6, 6.07) is 5.74. The van der Waals surface area contributed by atoms with Crippen LogP contribution in [0.25, 0.3) is 0 Å². The molecule has 1 aromatic rings. The van der Waals surface area contributed by atoms with Crippen molar-refractivity contribution in [2.24, 2.45) is 5.92 Å². The van der Waals surface area contributed by atoms with Crippen molar-refractivity contribution in [1.29, 1.82) is 0 Å². The van der Waals surface area contributed by atoms with E-state index in [-0.39, 0.29) is 10.6 Å². The molecule has 1 aliphatic heterocycles. The molecule has 5 nitrogen and oxygen atoms in total. The Balaban J connectivity index is 1.59. The summed E-state index contributed by atoms with van der Waals surface area (Å²) < 4.78 is 55.7. The molecule has 2 aliphatic rings. The summed E-state index contributed by atoms with van der Waals surface area (Å²) in [5.74, 6) is 0.750. The van der Waals surface area contributed by atoms with Crippen LogP contribution >= 0.6 is 0 Å². The van der Waals surface area contributed by atoms with Crippen LogP contribution in [-0.2, 0) is 10.0 Å². The molecule has 0 aromatic heterocycles. The minimum Gasteiger partial charge on any atom is -0.435 e. The third-order valence-electron chi connectivity index (χ3n) is 5.46. The molecule has 0 unspecified atom stereocenters. The molecule has 26 heavy (non-hydrogen) atoms. The first kappa shape index (κ1) is 19.5. The minimum absolute atomic E-state index is 0.0460. The monoisotopic (exact) mass is 388 g/mol. The topological polar surface area (TPSA) is 49.9 Å². The molecule has 0 amide bonds. The lowest BCUT2D eigenvalue weighted by atomic mass is 9.86. The summed E-state index contributed by atoms with van der Waals surface area (Å²) in [5, 5.41) is 0.